The van der Waals surface area contributed by atoms with Crippen molar-refractivity contribution in [2.45, 2.75) is 24.3 Å². The SMILES string of the molecule is Cc1ccc(S(C)(=O)=O)cc1C(=O)NCCC(O)C(=O)O. The molecule has 0 aliphatic heterocycles. The molecule has 0 aromatic heterocycles. The standard InChI is InChI=1S/C13H17NO6S/c1-8-3-4-9(21(2,19)20)7-10(8)12(16)14-6-5-11(15)13(17)18/h3-4,7,11,15H,5-6H2,1-2H3,(H,14,16)(H,17,18). The number of aryl methyl sites for hydroxylation is 1. The van der Waals surface area contributed by atoms with E-state index in [1.54, 1.807) is 6.92 Å². The molecule has 21 heavy (non-hydrogen) atoms. The second-order valence-corrected chi connectivity index (χ2v) is 6.66. The van der Waals surface area contributed by atoms with Gasteiger partial charge in [-0.05, 0) is 24.6 Å². The molecule has 116 valence electrons. The molecule has 1 rings (SSSR count). The predicted molar refractivity (Wildman–Crippen MR) is 74.9 cm³/mol. The van der Waals surface area contributed by atoms with Crippen molar-refractivity contribution >= 4 is 21.7 Å². The number of nitrogens with one attached hydrogen (secondary N) is 1. The molecule has 3 N–H and O–H groups in total. The molecule has 1 unspecified atom stereocenters. The number of benzene rings is 1. The van der Waals surface area contributed by atoms with Gasteiger partial charge in [0.1, 0.15) is 0 Å². The fourth-order valence-corrected chi connectivity index (χ4v) is 2.26. The van der Waals surface area contributed by atoms with Gasteiger partial charge in [0.25, 0.3) is 5.91 Å². The molecule has 0 bridgehead atoms. The maximum atomic E-state index is 12.0. The number of carbonyl (C=O) groups is 2. The number of amides is 1. The summed E-state index contributed by atoms with van der Waals surface area (Å²) in [5, 5.41) is 20.0. The van der Waals surface area contributed by atoms with Gasteiger partial charge in [0, 0.05) is 24.8 Å². The van der Waals surface area contributed by atoms with E-state index in [1.807, 2.05) is 0 Å². The predicted octanol–water partition coefficient (Wildman–Crippen LogP) is -0.0361. The Hall–Kier alpha value is -1.93. The van der Waals surface area contributed by atoms with Gasteiger partial charge in [-0.2, -0.15) is 0 Å². The first kappa shape index (κ1) is 17.1. The van der Waals surface area contributed by atoms with Crippen molar-refractivity contribution in [1.82, 2.24) is 5.32 Å². The summed E-state index contributed by atoms with van der Waals surface area (Å²) in [6, 6.07) is 4.21. The van der Waals surface area contributed by atoms with Gasteiger partial charge >= 0.3 is 5.97 Å². The van der Waals surface area contributed by atoms with Crippen molar-refractivity contribution < 1.29 is 28.2 Å². The molecule has 1 atom stereocenters. The van der Waals surface area contributed by atoms with Gasteiger partial charge in [-0.25, -0.2) is 13.2 Å². The Morgan fingerprint density at radius 2 is 1.95 bits per heavy atom. The van der Waals surface area contributed by atoms with Gasteiger partial charge in [0.2, 0.25) is 0 Å². The topological polar surface area (TPSA) is 121 Å². The van der Waals surface area contributed by atoms with Crippen molar-refractivity contribution in [2.24, 2.45) is 0 Å². The number of rotatable bonds is 6. The van der Waals surface area contributed by atoms with E-state index in [9.17, 15) is 18.0 Å². The Labute approximate surface area is 122 Å². The number of carbonyl (C=O) groups excluding carboxylic acids is 1. The summed E-state index contributed by atoms with van der Waals surface area (Å²) in [7, 11) is -3.42. The van der Waals surface area contributed by atoms with E-state index in [2.05, 4.69) is 5.32 Å². The zero-order valence-electron chi connectivity index (χ0n) is 11.7. The maximum Gasteiger partial charge on any atom is 0.332 e. The van der Waals surface area contributed by atoms with Crippen LogP contribution in [0.25, 0.3) is 0 Å². The first-order valence-electron chi connectivity index (χ1n) is 6.12. The van der Waals surface area contributed by atoms with Crippen LogP contribution in [-0.4, -0.2) is 49.4 Å². The molecule has 8 heteroatoms. The van der Waals surface area contributed by atoms with E-state index in [0.29, 0.717) is 5.56 Å². The average molecular weight is 315 g/mol. The second kappa shape index (κ2) is 6.68. The molecular formula is C13H17NO6S. The van der Waals surface area contributed by atoms with Crippen molar-refractivity contribution in [3.05, 3.63) is 29.3 Å². The molecule has 0 aliphatic carbocycles. The minimum Gasteiger partial charge on any atom is -0.479 e. The highest BCUT2D eigenvalue weighted by molar-refractivity contribution is 7.90. The van der Waals surface area contributed by atoms with Crippen LogP contribution < -0.4 is 5.32 Å². The zero-order valence-corrected chi connectivity index (χ0v) is 12.5. The van der Waals surface area contributed by atoms with E-state index >= 15 is 0 Å². The quantitative estimate of drug-likeness (QED) is 0.677. The number of aliphatic hydroxyl groups is 1. The number of carboxylic acids is 1. The Kier molecular flexibility index (Phi) is 5.45. The molecule has 0 aliphatic rings. The lowest BCUT2D eigenvalue weighted by Crippen LogP contribution is -2.30. The fourth-order valence-electron chi connectivity index (χ4n) is 1.62. The number of hydrogen-bond acceptors (Lipinski definition) is 5. The van der Waals surface area contributed by atoms with Gasteiger partial charge in [0.05, 0.1) is 4.90 Å². The Balaban J connectivity index is 2.81. The van der Waals surface area contributed by atoms with Gasteiger partial charge in [-0.15, -0.1) is 0 Å². The van der Waals surface area contributed by atoms with Crippen molar-refractivity contribution in [2.75, 3.05) is 12.8 Å². The molecular weight excluding hydrogens is 298 g/mol. The molecule has 0 saturated carbocycles. The van der Waals surface area contributed by atoms with E-state index in [0.717, 1.165) is 6.26 Å². The lowest BCUT2D eigenvalue weighted by atomic mass is 10.1. The Morgan fingerprint density at radius 1 is 1.33 bits per heavy atom. The third-order valence-electron chi connectivity index (χ3n) is 2.87. The first-order chi connectivity index (χ1) is 9.62. The molecule has 0 spiro atoms. The summed E-state index contributed by atoms with van der Waals surface area (Å²) in [6.07, 6.45) is -0.636. The summed E-state index contributed by atoms with van der Waals surface area (Å²) in [5.74, 6) is -1.88. The minimum atomic E-state index is -3.42. The van der Waals surface area contributed by atoms with Gasteiger partial charge in [-0.3, -0.25) is 4.79 Å². The van der Waals surface area contributed by atoms with Crippen molar-refractivity contribution in [3.8, 4) is 0 Å². The van der Waals surface area contributed by atoms with E-state index in [-0.39, 0.29) is 23.4 Å². The zero-order chi connectivity index (χ0) is 16.2. The van der Waals surface area contributed by atoms with E-state index in [1.165, 1.54) is 18.2 Å². The third-order valence-corrected chi connectivity index (χ3v) is 3.98. The van der Waals surface area contributed by atoms with Crippen LogP contribution in [0.1, 0.15) is 22.3 Å². The van der Waals surface area contributed by atoms with E-state index < -0.39 is 27.8 Å². The molecule has 0 saturated heterocycles. The summed E-state index contributed by atoms with van der Waals surface area (Å²) in [6.45, 7) is 1.63. The minimum absolute atomic E-state index is 0.0313. The van der Waals surface area contributed by atoms with Crippen LogP contribution in [0.5, 0.6) is 0 Å². The van der Waals surface area contributed by atoms with Gasteiger partial charge in [-0.1, -0.05) is 6.07 Å². The van der Waals surface area contributed by atoms with Crippen molar-refractivity contribution in [3.63, 3.8) is 0 Å². The van der Waals surface area contributed by atoms with Crippen LogP contribution >= 0.6 is 0 Å². The summed E-state index contributed by atoms with van der Waals surface area (Å²) in [4.78, 5) is 22.4. The molecule has 0 heterocycles. The van der Waals surface area contributed by atoms with Gasteiger partial charge in [0.15, 0.2) is 15.9 Å². The summed E-state index contributed by atoms with van der Waals surface area (Å²) < 4.78 is 22.9. The third kappa shape index (κ3) is 4.83. The largest absolute Gasteiger partial charge is 0.479 e. The van der Waals surface area contributed by atoms with Crippen LogP contribution in [0.3, 0.4) is 0 Å². The van der Waals surface area contributed by atoms with Crippen molar-refractivity contribution in [1.29, 1.82) is 0 Å². The first-order valence-corrected chi connectivity index (χ1v) is 8.02. The van der Waals surface area contributed by atoms with Crippen LogP contribution in [-0.2, 0) is 14.6 Å². The highest BCUT2D eigenvalue weighted by Crippen LogP contribution is 2.15. The van der Waals surface area contributed by atoms with Crippen LogP contribution in [0, 0.1) is 6.92 Å². The highest BCUT2D eigenvalue weighted by Gasteiger charge is 2.16. The van der Waals surface area contributed by atoms with E-state index in [4.69, 9.17) is 10.2 Å². The summed E-state index contributed by atoms with van der Waals surface area (Å²) in [5.41, 5.74) is 0.793. The maximum absolute atomic E-state index is 12.0. The molecule has 0 radical (unpaired) electrons. The molecule has 1 aromatic carbocycles. The highest BCUT2D eigenvalue weighted by atomic mass is 32.2. The van der Waals surface area contributed by atoms with Crippen LogP contribution in [0.15, 0.2) is 23.1 Å². The number of carboxylic acid groups (broad SMARTS) is 1. The fraction of sp³-hybridized carbons (Fsp3) is 0.385. The number of aliphatic hydroxyl groups excluding tert-OH is 1. The smallest absolute Gasteiger partial charge is 0.332 e. The number of aliphatic carboxylic acids is 1. The lowest BCUT2D eigenvalue weighted by Gasteiger charge is -2.10. The Bertz CT molecular complexity index is 653. The monoisotopic (exact) mass is 315 g/mol. The number of hydrogen-bond donors (Lipinski definition) is 3. The van der Waals surface area contributed by atoms with Crippen LogP contribution in [0.4, 0.5) is 0 Å². The summed E-state index contributed by atoms with van der Waals surface area (Å²) >= 11 is 0. The molecule has 1 aromatic rings. The second-order valence-electron chi connectivity index (χ2n) is 4.65. The lowest BCUT2D eigenvalue weighted by molar-refractivity contribution is -0.146. The van der Waals surface area contributed by atoms with Gasteiger partial charge < -0.3 is 15.5 Å². The molecule has 7 nitrogen and oxygen atoms in total. The Morgan fingerprint density at radius 3 is 2.48 bits per heavy atom. The van der Waals surface area contributed by atoms with Crippen LogP contribution in [0.2, 0.25) is 0 Å². The molecule has 0 fully saturated rings. The normalized spacial score (nSPS) is 12.7. The number of sulfone groups is 1. The average Bonchev–Trinajstić information content (AvgIpc) is 2.37. The molecule has 1 amide bonds.